The molecular formula is C27H29FN6O4. The van der Waals surface area contributed by atoms with Crippen molar-refractivity contribution in [3.8, 4) is 17.0 Å². The van der Waals surface area contributed by atoms with E-state index in [9.17, 15) is 9.90 Å². The van der Waals surface area contributed by atoms with Crippen LogP contribution in [0.4, 0.5) is 26.4 Å². The number of benzene rings is 1. The summed E-state index contributed by atoms with van der Waals surface area (Å²) in [6.45, 7) is 6.59. The van der Waals surface area contributed by atoms with Crippen LogP contribution in [0.25, 0.3) is 21.9 Å². The van der Waals surface area contributed by atoms with Gasteiger partial charge in [-0.15, -0.1) is 0 Å². The Morgan fingerprint density at radius 2 is 2.03 bits per heavy atom. The summed E-state index contributed by atoms with van der Waals surface area (Å²) in [5, 5.41) is 14.4. The minimum Gasteiger partial charge on any atom is -0.474 e. The first-order chi connectivity index (χ1) is 18.3. The average molecular weight is 521 g/mol. The highest BCUT2D eigenvalue weighted by atomic mass is 19.1. The van der Waals surface area contributed by atoms with E-state index in [0.717, 1.165) is 50.4 Å². The molecule has 1 spiro atoms. The van der Waals surface area contributed by atoms with Crippen LogP contribution in [0.3, 0.4) is 0 Å². The van der Waals surface area contributed by atoms with E-state index in [0.29, 0.717) is 52.8 Å². The van der Waals surface area contributed by atoms with Crippen molar-refractivity contribution >= 4 is 34.1 Å². The number of amides is 1. The molecule has 11 heteroatoms. The van der Waals surface area contributed by atoms with Gasteiger partial charge in [-0.3, -0.25) is 9.80 Å². The number of carboxylic acid groups (broad SMARTS) is 1. The van der Waals surface area contributed by atoms with Crippen LogP contribution in [0.1, 0.15) is 18.4 Å². The summed E-state index contributed by atoms with van der Waals surface area (Å²) in [5.41, 5.74) is 8.80. The lowest BCUT2D eigenvalue weighted by Gasteiger charge is -2.62. The Bertz CT molecular complexity index is 1460. The van der Waals surface area contributed by atoms with Gasteiger partial charge >= 0.3 is 6.09 Å². The number of fused-ring (bicyclic) bond motifs is 2. The molecule has 4 aliphatic rings. The molecule has 3 fully saturated rings. The van der Waals surface area contributed by atoms with Crippen molar-refractivity contribution in [1.29, 1.82) is 0 Å². The molecule has 4 N–H and O–H groups in total. The minimum atomic E-state index is -1.05. The number of likely N-dealkylation sites (tertiary alicyclic amines) is 1. The van der Waals surface area contributed by atoms with Crippen molar-refractivity contribution in [3.63, 3.8) is 0 Å². The molecule has 1 aliphatic carbocycles. The van der Waals surface area contributed by atoms with Crippen molar-refractivity contribution in [2.45, 2.75) is 31.8 Å². The third kappa shape index (κ3) is 3.48. The maximum absolute atomic E-state index is 15.5. The second-order valence-corrected chi connectivity index (χ2v) is 11.0. The summed E-state index contributed by atoms with van der Waals surface area (Å²) in [6.07, 6.45) is 3.61. The number of hydrogen-bond acceptors (Lipinski definition) is 8. The first kappa shape index (κ1) is 23.4. The molecule has 3 aliphatic heterocycles. The molecule has 198 valence electrons. The molecule has 2 aromatic heterocycles. The number of carbonyl (C=O) groups is 1. The van der Waals surface area contributed by atoms with Gasteiger partial charge in [-0.25, -0.2) is 19.2 Å². The van der Waals surface area contributed by atoms with Gasteiger partial charge in [0, 0.05) is 54.6 Å². The van der Waals surface area contributed by atoms with Crippen LogP contribution in [0, 0.1) is 18.2 Å². The van der Waals surface area contributed by atoms with Gasteiger partial charge in [0.05, 0.1) is 24.9 Å². The highest BCUT2D eigenvalue weighted by Gasteiger charge is 2.56. The van der Waals surface area contributed by atoms with Gasteiger partial charge in [0.2, 0.25) is 5.88 Å². The smallest absolute Gasteiger partial charge is 0.413 e. The zero-order valence-electron chi connectivity index (χ0n) is 21.0. The summed E-state index contributed by atoms with van der Waals surface area (Å²) in [7, 11) is 0. The van der Waals surface area contributed by atoms with Gasteiger partial charge in [-0.05, 0) is 48.3 Å². The number of hydrogen-bond donors (Lipinski definition) is 3. The van der Waals surface area contributed by atoms with Gasteiger partial charge in [-0.2, -0.15) is 0 Å². The standard InChI is InChI=1S/C27H29FN6O4/c1-14-19(8-32-25-24(14)30-2-3-38-25)18-4-15-5-21(31-9-20(15)23(29)22(18)28)34(26(35)36)16-6-27(7-16)12-33(13-27)17-10-37-11-17/h4-5,8-9,16-17,30H,2-3,6-7,10-13,29H2,1H3,(H,35,36). The molecule has 0 radical (unpaired) electrons. The van der Waals surface area contributed by atoms with Crippen LogP contribution >= 0.6 is 0 Å². The summed E-state index contributed by atoms with van der Waals surface area (Å²) in [4.78, 5) is 24.9. The molecule has 3 aromatic rings. The van der Waals surface area contributed by atoms with Crippen molar-refractivity contribution in [2.24, 2.45) is 5.41 Å². The first-order valence-corrected chi connectivity index (χ1v) is 12.9. The Labute approximate surface area is 218 Å². The number of aromatic nitrogens is 2. The number of pyridine rings is 2. The number of halogens is 1. The lowest BCUT2D eigenvalue weighted by atomic mass is 9.60. The van der Waals surface area contributed by atoms with E-state index in [1.165, 1.54) is 11.1 Å². The number of ether oxygens (including phenoxy) is 2. The van der Waals surface area contributed by atoms with E-state index in [4.69, 9.17) is 15.2 Å². The lowest BCUT2D eigenvalue weighted by Crippen LogP contribution is -2.71. The van der Waals surface area contributed by atoms with E-state index in [2.05, 4.69) is 20.2 Å². The lowest BCUT2D eigenvalue weighted by molar-refractivity contribution is -0.157. The fourth-order valence-electron chi connectivity index (χ4n) is 6.44. The molecule has 2 saturated heterocycles. The van der Waals surface area contributed by atoms with Crippen molar-refractivity contribution in [3.05, 3.63) is 35.9 Å². The van der Waals surface area contributed by atoms with Gasteiger partial charge < -0.3 is 25.6 Å². The van der Waals surface area contributed by atoms with E-state index < -0.39 is 11.9 Å². The molecule has 1 amide bonds. The Morgan fingerprint density at radius 1 is 1.24 bits per heavy atom. The topological polar surface area (TPSA) is 126 Å². The fourth-order valence-corrected chi connectivity index (χ4v) is 6.44. The van der Waals surface area contributed by atoms with Crippen LogP contribution in [-0.4, -0.2) is 77.6 Å². The van der Waals surface area contributed by atoms with E-state index in [-0.39, 0.29) is 17.1 Å². The van der Waals surface area contributed by atoms with Crippen LogP contribution in [-0.2, 0) is 4.74 Å². The summed E-state index contributed by atoms with van der Waals surface area (Å²) >= 11 is 0. The highest BCUT2D eigenvalue weighted by Crippen LogP contribution is 2.52. The molecule has 7 rings (SSSR count). The maximum Gasteiger partial charge on any atom is 0.413 e. The molecule has 1 saturated carbocycles. The molecule has 38 heavy (non-hydrogen) atoms. The highest BCUT2D eigenvalue weighted by molar-refractivity contribution is 6.00. The molecular weight excluding hydrogens is 491 g/mol. The Hall–Kier alpha value is -3.70. The van der Waals surface area contributed by atoms with Crippen LogP contribution < -0.4 is 20.7 Å². The summed E-state index contributed by atoms with van der Waals surface area (Å²) in [5.74, 6) is 0.251. The average Bonchev–Trinajstić information content (AvgIpc) is 2.82. The normalized spacial score (nSPS) is 20.6. The van der Waals surface area contributed by atoms with E-state index >= 15 is 4.39 Å². The Balaban J connectivity index is 1.20. The van der Waals surface area contributed by atoms with Gasteiger partial charge in [0.1, 0.15) is 18.1 Å². The van der Waals surface area contributed by atoms with Gasteiger partial charge in [0.25, 0.3) is 0 Å². The van der Waals surface area contributed by atoms with E-state index in [1.807, 2.05) is 6.92 Å². The Kier molecular flexibility index (Phi) is 5.18. The van der Waals surface area contributed by atoms with Crippen molar-refractivity contribution < 1.29 is 23.8 Å². The number of nitrogens with one attached hydrogen (secondary N) is 1. The molecule has 0 unspecified atom stereocenters. The first-order valence-electron chi connectivity index (χ1n) is 12.9. The predicted octanol–water partition coefficient (Wildman–Crippen LogP) is 3.48. The third-order valence-electron chi connectivity index (χ3n) is 8.59. The SMILES string of the molecule is Cc1c(-c2cc3cc(N(C(=O)O)C4CC5(C4)CN(C4COC4)C5)ncc3c(N)c2F)cnc2c1NCCO2. The summed E-state index contributed by atoms with van der Waals surface area (Å²) < 4.78 is 26.4. The number of anilines is 3. The second kappa shape index (κ2) is 8.40. The number of nitrogens with two attached hydrogens (primary N) is 1. The molecule has 0 bridgehead atoms. The van der Waals surface area contributed by atoms with Crippen LogP contribution in [0.15, 0.2) is 24.5 Å². The van der Waals surface area contributed by atoms with Crippen molar-refractivity contribution in [1.82, 2.24) is 14.9 Å². The van der Waals surface area contributed by atoms with E-state index in [1.54, 1.807) is 18.3 Å². The predicted molar refractivity (Wildman–Crippen MR) is 140 cm³/mol. The third-order valence-corrected chi connectivity index (χ3v) is 8.59. The molecule has 1 aromatic carbocycles. The molecule has 5 heterocycles. The second-order valence-electron chi connectivity index (χ2n) is 11.0. The summed E-state index contributed by atoms with van der Waals surface area (Å²) in [6, 6.07) is 3.75. The number of nitrogen functional groups attached to an aromatic ring is 1. The zero-order valence-corrected chi connectivity index (χ0v) is 21.0. The monoisotopic (exact) mass is 520 g/mol. The quantitative estimate of drug-likeness (QED) is 0.443. The van der Waals surface area contributed by atoms with Gasteiger partial charge in [0.15, 0.2) is 5.82 Å². The zero-order chi connectivity index (χ0) is 26.2. The Morgan fingerprint density at radius 3 is 2.74 bits per heavy atom. The fraction of sp³-hybridized carbons (Fsp3) is 0.444. The number of rotatable bonds is 4. The van der Waals surface area contributed by atoms with Crippen LogP contribution in [0.5, 0.6) is 5.88 Å². The van der Waals surface area contributed by atoms with Crippen molar-refractivity contribution in [2.75, 3.05) is 55.4 Å². The minimum absolute atomic E-state index is 0.0307. The number of nitrogens with zero attached hydrogens (tertiary/aromatic N) is 4. The van der Waals surface area contributed by atoms with Gasteiger partial charge in [-0.1, -0.05) is 0 Å². The molecule has 10 nitrogen and oxygen atoms in total. The largest absolute Gasteiger partial charge is 0.474 e. The van der Waals surface area contributed by atoms with Crippen LogP contribution in [0.2, 0.25) is 0 Å². The molecule has 0 atom stereocenters. The maximum atomic E-state index is 15.5.